The number of pyridine rings is 2. The van der Waals surface area contributed by atoms with E-state index in [9.17, 15) is 9.59 Å². The van der Waals surface area contributed by atoms with Crippen LogP contribution in [0.5, 0.6) is 5.75 Å². The molecule has 0 unspecified atom stereocenters. The molecule has 6 aromatic rings. The minimum Gasteiger partial charge on any atom is -0.496 e. The smallest absolute Gasteiger partial charge is 0.196 e. The van der Waals surface area contributed by atoms with Crippen LogP contribution in [0.2, 0.25) is 0 Å². The van der Waals surface area contributed by atoms with Crippen LogP contribution in [0.4, 0.5) is 0 Å². The standard InChI is InChI=1S/C29H22N2O3/c1-15-13-16(2)28(32)24-18(15)8-9-20-19(10-12-31-27(20)24)22-14-23(34-3)21-7-6-17-5-4-11-30-26(17)25(21)29(22)33/h4-14,30-31H,1-3H3. The van der Waals surface area contributed by atoms with Crippen molar-refractivity contribution in [2.24, 2.45) is 0 Å². The topological polar surface area (TPSA) is 75.0 Å². The van der Waals surface area contributed by atoms with Gasteiger partial charge in [-0.2, -0.15) is 0 Å². The maximum atomic E-state index is 13.9. The molecule has 0 aliphatic rings. The molecule has 6 rings (SSSR count). The lowest BCUT2D eigenvalue weighted by atomic mass is 9.93. The lowest BCUT2D eigenvalue weighted by Gasteiger charge is -2.14. The van der Waals surface area contributed by atoms with Crippen LogP contribution in [-0.4, -0.2) is 17.1 Å². The zero-order chi connectivity index (χ0) is 23.6. The molecule has 2 heterocycles. The van der Waals surface area contributed by atoms with Crippen LogP contribution in [0.15, 0.2) is 76.6 Å². The molecule has 166 valence electrons. The minimum absolute atomic E-state index is 0.00127. The molecule has 5 nitrogen and oxygen atoms in total. The number of nitrogens with one attached hydrogen (secondary N) is 2. The molecule has 0 bridgehead atoms. The van der Waals surface area contributed by atoms with Crippen molar-refractivity contribution in [1.29, 1.82) is 0 Å². The molecule has 0 aliphatic heterocycles. The summed E-state index contributed by atoms with van der Waals surface area (Å²) in [6.45, 7) is 3.85. The number of benzene rings is 4. The Hall–Kier alpha value is -4.38. The summed E-state index contributed by atoms with van der Waals surface area (Å²) in [6, 6.07) is 17.4. The number of methoxy groups -OCH3 is 1. The predicted octanol–water partition coefficient (Wildman–Crippen LogP) is 5.97. The number of rotatable bonds is 2. The quantitative estimate of drug-likeness (QED) is 0.322. The van der Waals surface area contributed by atoms with Crippen LogP contribution in [0.1, 0.15) is 11.1 Å². The second-order valence-corrected chi connectivity index (χ2v) is 8.72. The number of aromatic nitrogens is 2. The Morgan fingerprint density at radius 3 is 2.24 bits per heavy atom. The van der Waals surface area contributed by atoms with Gasteiger partial charge in [-0.3, -0.25) is 9.59 Å². The monoisotopic (exact) mass is 446 g/mol. The van der Waals surface area contributed by atoms with Crippen LogP contribution in [-0.2, 0) is 0 Å². The van der Waals surface area contributed by atoms with E-state index in [1.165, 1.54) is 0 Å². The van der Waals surface area contributed by atoms with E-state index in [-0.39, 0.29) is 10.9 Å². The van der Waals surface area contributed by atoms with Gasteiger partial charge in [-0.1, -0.05) is 30.3 Å². The molecule has 2 N–H and O–H groups in total. The zero-order valence-corrected chi connectivity index (χ0v) is 19.1. The Balaban J connectivity index is 1.79. The number of hydrogen-bond donors (Lipinski definition) is 2. The van der Waals surface area contributed by atoms with Gasteiger partial charge in [-0.15, -0.1) is 0 Å². The third kappa shape index (κ3) is 2.73. The van der Waals surface area contributed by atoms with Gasteiger partial charge in [0.1, 0.15) is 5.75 Å². The fourth-order valence-electron chi connectivity index (χ4n) is 5.16. The second kappa shape index (κ2) is 7.32. The Kier molecular flexibility index (Phi) is 4.36. The van der Waals surface area contributed by atoms with Gasteiger partial charge in [0.2, 0.25) is 0 Å². The summed E-state index contributed by atoms with van der Waals surface area (Å²) >= 11 is 0. The molecular formula is C29H22N2O3. The molecule has 0 atom stereocenters. The summed E-state index contributed by atoms with van der Waals surface area (Å²) in [5, 5.41) is 4.68. The van der Waals surface area contributed by atoms with Gasteiger partial charge >= 0.3 is 0 Å². The number of H-pyrrole nitrogens is 2. The molecule has 0 amide bonds. The van der Waals surface area contributed by atoms with Gasteiger partial charge in [-0.05, 0) is 65.6 Å². The normalized spacial score (nSPS) is 11.6. The van der Waals surface area contributed by atoms with Crippen LogP contribution < -0.4 is 15.6 Å². The van der Waals surface area contributed by atoms with Crippen molar-refractivity contribution in [3.05, 3.63) is 98.6 Å². The molecule has 34 heavy (non-hydrogen) atoms. The highest BCUT2D eigenvalue weighted by Gasteiger charge is 2.18. The molecule has 0 radical (unpaired) electrons. The Morgan fingerprint density at radius 1 is 0.676 bits per heavy atom. The fourth-order valence-corrected chi connectivity index (χ4v) is 5.16. The van der Waals surface area contributed by atoms with E-state index in [2.05, 4.69) is 9.97 Å². The predicted molar refractivity (Wildman–Crippen MR) is 139 cm³/mol. The number of hydrogen-bond acceptors (Lipinski definition) is 3. The summed E-state index contributed by atoms with van der Waals surface area (Å²) in [5.74, 6) is 0.627. The number of aryl methyl sites for hydroxylation is 2. The van der Waals surface area contributed by atoms with Crippen molar-refractivity contribution < 1.29 is 4.74 Å². The molecule has 0 aliphatic carbocycles. The first kappa shape index (κ1) is 20.2. The van der Waals surface area contributed by atoms with E-state index in [1.807, 2.05) is 68.6 Å². The first-order valence-electron chi connectivity index (χ1n) is 11.2. The van der Waals surface area contributed by atoms with Crippen molar-refractivity contribution in [3.8, 4) is 16.9 Å². The fraction of sp³-hybridized carbons (Fsp3) is 0.103. The maximum absolute atomic E-state index is 13.9. The average molecular weight is 447 g/mol. The van der Waals surface area contributed by atoms with Crippen LogP contribution in [0.3, 0.4) is 0 Å². The van der Waals surface area contributed by atoms with Crippen LogP contribution >= 0.6 is 0 Å². The highest BCUT2D eigenvalue weighted by atomic mass is 16.5. The van der Waals surface area contributed by atoms with Crippen molar-refractivity contribution in [3.63, 3.8) is 0 Å². The van der Waals surface area contributed by atoms with E-state index >= 15 is 0 Å². The van der Waals surface area contributed by atoms with Crippen LogP contribution in [0, 0.1) is 13.8 Å². The first-order valence-corrected chi connectivity index (χ1v) is 11.2. The van der Waals surface area contributed by atoms with Gasteiger partial charge in [-0.25, -0.2) is 0 Å². The lowest BCUT2D eigenvalue weighted by molar-refractivity contribution is 0.420. The molecule has 0 saturated carbocycles. The summed E-state index contributed by atoms with van der Waals surface area (Å²) in [4.78, 5) is 33.6. The average Bonchev–Trinajstić information content (AvgIpc) is 2.86. The van der Waals surface area contributed by atoms with E-state index in [0.717, 1.165) is 43.7 Å². The summed E-state index contributed by atoms with van der Waals surface area (Å²) < 4.78 is 5.72. The van der Waals surface area contributed by atoms with E-state index < -0.39 is 0 Å². The van der Waals surface area contributed by atoms with Gasteiger partial charge in [0.15, 0.2) is 10.9 Å². The minimum atomic E-state index is -0.0841. The van der Waals surface area contributed by atoms with Crippen LogP contribution in [0.25, 0.3) is 54.5 Å². The van der Waals surface area contributed by atoms with Gasteiger partial charge in [0.25, 0.3) is 0 Å². The van der Waals surface area contributed by atoms with Crippen molar-refractivity contribution in [1.82, 2.24) is 9.97 Å². The highest BCUT2D eigenvalue weighted by molar-refractivity contribution is 6.13. The molecule has 2 aromatic heterocycles. The molecule has 0 spiro atoms. The molecule has 0 saturated heterocycles. The van der Waals surface area contributed by atoms with Crippen molar-refractivity contribution in [2.45, 2.75) is 13.8 Å². The maximum Gasteiger partial charge on any atom is 0.196 e. The molecule has 5 heteroatoms. The molecular weight excluding hydrogens is 424 g/mol. The largest absolute Gasteiger partial charge is 0.496 e. The first-order chi connectivity index (χ1) is 16.5. The molecule has 0 fully saturated rings. The lowest BCUT2D eigenvalue weighted by Crippen LogP contribution is -2.09. The van der Waals surface area contributed by atoms with Gasteiger partial charge in [0, 0.05) is 28.7 Å². The van der Waals surface area contributed by atoms with E-state index in [0.29, 0.717) is 27.6 Å². The Bertz CT molecular complexity index is 1910. The van der Waals surface area contributed by atoms with Crippen molar-refractivity contribution in [2.75, 3.05) is 7.11 Å². The Morgan fingerprint density at radius 2 is 1.41 bits per heavy atom. The third-order valence-corrected chi connectivity index (χ3v) is 6.78. The zero-order valence-electron chi connectivity index (χ0n) is 19.1. The second-order valence-electron chi connectivity index (χ2n) is 8.72. The number of aromatic amines is 2. The summed E-state index contributed by atoms with van der Waals surface area (Å²) in [6.07, 6.45) is 3.61. The van der Waals surface area contributed by atoms with E-state index in [1.54, 1.807) is 19.4 Å². The summed E-state index contributed by atoms with van der Waals surface area (Å²) in [5.41, 5.74) is 4.46. The SMILES string of the molecule is COc1cc(-c2cc[nH]c3c2ccc2c(C)cc(C)c(=O)c23)c(=O)c2c1ccc1ccc[nH]c12. The Labute approximate surface area is 194 Å². The van der Waals surface area contributed by atoms with Gasteiger partial charge in [0.05, 0.1) is 28.9 Å². The third-order valence-electron chi connectivity index (χ3n) is 6.78. The van der Waals surface area contributed by atoms with E-state index in [4.69, 9.17) is 4.74 Å². The van der Waals surface area contributed by atoms with Crippen molar-refractivity contribution >= 4 is 43.4 Å². The summed E-state index contributed by atoms with van der Waals surface area (Å²) in [7, 11) is 1.61. The highest BCUT2D eigenvalue weighted by Crippen LogP contribution is 2.36. The van der Waals surface area contributed by atoms with Gasteiger partial charge < -0.3 is 14.7 Å². The number of ether oxygens (including phenoxy) is 1. The molecule has 4 aromatic carbocycles. The number of fused-ring (bicyclic) bond motifs is 6.